The fourth-order valence-corrected chi connectivity index (χ4v) is 3.68. The minimum atomic E-state index is -0.0595. The summed E-state index contributed by atoms with van der Waals surface area (Å²) in [5.41, 5.74) is 0.543. The first-order valence-corrected chi connectivity index (χ1v) is 10.6. The van der Waals surface area contributed by atoms with Gasteiger partial charge in [-0.3, -0.25) is 14.5 Å². The van der Waals surface area contributed by atoms with E-state index in [0.29, 0.717) is 74.0 Å². The van der Waals surface area contributed by atoms with E-state index in [0.717, 1.165) is 6.42 Å². The second-order valence-corrected chi connectivity index (χ2v) is 7.54. The molecule has 1 aliphatic rings. The Morgan fingerprint density at radius 2 is 1.90 bits per heavy atom. The second-order valence-electron chi connectivity index (χ2n) is 6.69. The molecule has 1 N–H and O–H groups in total. The molecule has 1 aliphatic heterocycles. The average Bonchev–Trinajstić information content (AvgIpc) is 2.72. The fourth-order valence-electron chi connectivity index (χ4n) is 3.12. The predicted octanol–water partition coefficient (Wildman–Crippen LogP) is 1.77. The zero-order valence-corrected chi connectivity index (χ0v) is 18.9. The van der Waals surface area contributed by atoms with Crippen LogP contribution in [0.3, 0.4) is 0 Å². The third kappa shape index (κ3) is 6.87. The number of nitrogens with zero attached hydrogens (tertiary/aromatic N) is 2. The SMILES string of the molecule is CCOc1c(Br)cc(C(=O)N2CCN(CC(=O)NCCCOC)CC2)cc1OC. The van der Waals surface area contributed by atoms with Crippen LogP contribution in [0, 0.1) is 0 Å². The second kappa shape index (κ2) is 12.0. The summed E-state index contributed by atoms with van der Waals surface area (Å²) in [6.45, 7) is 6.45. The number of rotatable bonds is 10. The van der Waals surface area contributed by atoms with Gasteiger partial charge in [0.2, 0.25) is 5.91 Å². The van der Waals surface area contributed by atoms with E-state index in [4.69, 9.17) is 14.2 Å². The number of carbonyl (C=O) groups excluding carboxylic acids is 2. The van der Waals surface area contributed by atoms with E-state index >= 15 is 0 Å². The lowest BCUT2D eigenvalue weighted by molar-refractivity contribution is -0.122. The standard InChI is InChI=1S/C20H30BrN3O5/c1-4-29-19-16(21)12-15(13-17(19)28-3)20(26)24-9-7-23(8-10-24)14-18(25)22-6-5-11-27-2/h12-13H,4-11,14H2,1-3H3,(H,22,25). The number of halogens is 1. The van der Waals surface area contributed by atoms with Gasteiger partial charge in [-0.15, -0.1) is 0 Å². The monoisotopic (exact) mass is 471 g/mol. The van der Waals surface area contributed by atoms with Crippen molar-refractivity contribution >= 4 is 27.7 Å². The molecule has 29 heavy (non-hydrogen) atoms. The smallest absolute Gasteiger partial charge is 0.254 e. The Morgan fingerprint density at radius 1 is 1.17 bits per heavy atom. The largest absolute Gasteiger partial charge is 0.493 e. The first-order chi connectivity index (χ1) is 14.0. The van der Waals surface area contributed by atoms with Gasteiger partial charge in [0.1, 0.15) is 0 Å². The van der Waals surface area contributed by atoms with Gasteiger partial charge in [-0.25, -0.2) is 0 Å². The van der Waals surface area contributed by atoms with Crippen LogP contribution in [0.25, 0.3) is 0 Å². The summed E-state index contributed by atoms with van der Waals surface area (Å²) in [4.78, 5) is 28.8. The van der Waals surface area contributed by atoms with Crippen LogP contribution >= 0.6 is 15.9 Å². The van der Waals surface area contributed by atoms with Gasteiger partial charge >= 0.3 is 0 Å². The van der Waals surface area contributed by atoms with Gasteiger partial charge in [0.25, 0.3) is 5.91 Å². The van der Waals surface area contributed by atoms with Crippen molar-refractivity contribution < 1.29 is 23.8 Å². The molecular weight excluding hydrogens is 442 g/mol. The van der Waals surface area contributed by atoms with Crippen LogP contribution in [0.5, 0.6) is 11.5 Å². The van der Waals surface area contributed by atoms with Crippen molar-refractivity contribution in [3.05, 3.63) is 22.2 Å². The van der Waals surface area contributed by atoms with E-state index < -0.39 is 0 Å². The zero-order chi connectivity index (χ0) is 21.2. The minimum Gasteiger partial charge on any atom is -0.493 e. The van der Waals surface area contributed by atoms with Gasteiger partial charge in [-0.05, 0) is 41.4 Å². The molecule has 2 amide bonds. The Kier molecular flexibility index (Phi) is 9.69. The highest BCUT2D eigenvalue weighted by atomic mass is 79.9. The van der Waals surface area contributed by atoms with Crippen LogP contribution < -0.4 is 14.8 Å². The molecule has 0 saturated carbocycles. The van der Waals surface area contributed by atoms with E-state index in [1.807, 2.05) is 6.92 Å². The lowest BCUT2D eigenvalue weighted by Crippen LogP contribution is -2.51. The molecule has 0 unspecified atom stereocenters. The molecule has 162 valence electrons. The number of hydrogen-bond donors (Lipinski definition) is 1. The molecule has 1 aromatic carbocycles. The topological polar surface area (TPSA) is 80.3 Å². The van der Waals surface area contributed by atoms with Gasteiger partial charge in [0.05, 0.1) is 24.7 Å². The summed E-state index contributed by atoms with van der Waals surface area (Å²) in [7, 11) is 3.20. The Hall–Kier alpha value is -1.84. The number of piperazine rings is 1. The van der Waals surface area contributed by atoms with Crippen molar-refractivity contribution in [2.75, 3.05) is 66.7 Å². The number of methoxy groups -OCH3 is 2. The highest BCUT2D eigenvalue weighted by Crippen LogP contribution is 2.37. The molecule has 8 nitrogen and oxygen atoms in total. The number of carbonyl (C=O) groups is 2. The normalized spacial score (nSPS) is 14.6. The molecule has 1 aromatic rings. The highest BCUT2D eigenvalue weighted by Gasteiger charge is 2.25. The molecule has 0 atom stereocenters. The number of hydrogen-bond acceptors (Lipinski definition) is 6. The van der Waals surface area contributed by atoms with Crippen molar-refractivity contribution in [3.8, 4) is 11.5 Å². The van der Waals surface area contributed by atoms with Crippen LogP contribution in [-0.2, 0) is 9.53 Å². The molecule has 0 aliphatic carbocycles. The minimum absolute atomic E-state index is 0.000981. The zero-order valence-electron chi connectivity index (χ0n) is 17.3. The van der Waals surface area contributed by atoms with E-state index in [2.05, 4.69) is 26.1 Å². The molecule has 1 fully saturated rings. The van der Waals surface area contributed by atoms with Crippen LogP contribution in [0.2, 0.25) is 0 Å². The third-order valence-corrected chi connectivity index (χ3v) is 5.23. The van der Waals surface area contributed by atoms with Gasteiger partial charge in [0, 0.05) is 52.0 Å². The van der Waals surface area contributed by atoms with Crippen molar-refractivity contribution in [3.63, 3.8) is 0 Å². The van der Waals surface area contributed by atoms with Crippen molar-refractivity contribution in [1.82, 2.24) is 15.1 Å². The molecule has 2 rings (SSSR count). The van der Waals surface area contributed by atoms with Crippen molar-refractivity contribution in [2.45, 2.75) is 13.3 Å². The molecule has 0 radical (unpaired) electrons. The number of amides is 2. The maximum Gasteiger partial charge on any atom is 0.254 e. The first-order valence-electron chi connectivity index (χ1n) is 9.77. The van der Waals surface area contributed by atoms with Crippen molar-refractivity contribution in [2.24, 2.45) is 0 Å². The van der Waals surface area contributed by atoms with Crippen LogP contribution in [0.4, 0.5) is 0 Å². The predicted molar refractivity (Wildman–Crippen MR) is 114 cm³/mol. The first kappa shape index (κ1) is 23.4. The maximum absolute atomic E-state index is 12.9. The Bertz CT molecular complexity index is 693. The van der Waals surface area contributed by atoms with Crippen LogP contribution in [0.15, 0.2) is 16.6 Å². The van der Waals surface area contributed by atoms with E-state index in [9.17, 15) is 9.59 Å². The van der Waals surface area contributed by atoms with Gasteiger partial charge < -0.3 is 24.4 Å². The van der Waals surface area contributed by atoms with Crippen LogP contribution in [-0.4, -0.2) is 88.3 Å². The summed E-state index contributed by atoms with van der Waals surface area (Å²) in [6.07, 6.45) is 0.797. The van der Waals surface area contributed by atoms with Crippen LogP contribution in [0.1, 0.15) is 23.7 Å². The number of nitrogens with one attached hydrogen (secondary N) is 1. The molecule has 9 heteroatoms. The summed E-state index contributed by atoms with van der Waals surface area (Å²) >= 11 is 3.46. The number of ether oxygens (including phenoxy) is 3. The Balaban J connectivity index is 1.88. The molecule has 1 heterocycles. The van der Waals surface area contributed by atoms with E-state index in [1.165, 1.54) is 0 Å². The Morgan fingerprint density at radius 3 is 2.52 bits per heavy atom. The lowest BCUT2D eigenvalue weighted by Gasteiger charge is -2.34. The molecular formula is C20H30BrN3O5. The van der Waals surface area contributed by atoms with Crippen molar-refractivity contribution in [1.29, 1.82) is 0 Å². The molecule has 1 saturated heterocycles. The fraction of sp³-hybridized carbons (Fsp3) is 0.600. The maximum atomic E-state index is 12.9. The van der Waals surface area contributed by atoms with Gasteiger partial charge in [-0.2, -0.15) is 0 Å². The van der Waals surface area contributed by atoms with Gasteiger partial charge in [0.15, 0.2) is 11.5 Å². The summed E-state index contributed by atoms with van der Waals surface area (Å²) in [6, 6.07) is 3.47. The van der Waals surface area contributed by atoms with E-state index in [1.54, 1.807) is 31.3 Å². The third-order valence-electron chi connectivity index (χ3n) is 4.64. The quantitative estimate of drug-likeness (QED) is 0.523. The van der Waals surface area contributed by atoms with Gasteiger partial charge in [-0.1, -0.05) is 0 Å². The number of benzene rings is 1. The molecule has 0 bridgehead atoms. The lowest BCUT2D eigenvalue weighted by atomic mass is 10.1. The highest BCUT2D eigenvalue weighted by molar-refractivity contribution is 9.10. The summed E-state index contributed by atoms with van der Waals surface area (Å²) in [5.74, 6) is 1.05. The van der Waals surface area contributed by atoms with E-state index in [-0.39, 0.29) is 11.8 Å². The molecule has 0 aromatic heterocycles. The Labute approximate surface area is 180 Å². The average molecular weight is 472 g/mol. The summed E-state index contributed by atoms with van der Waals surface area (Å²) < 4.78 is 16.6. The molecule has 0 spiro atoms. The summed E-state index contributed by atoms with van der Waals surface area (Å²) in [5, 5.41) is 2.89.